The molecule has 0 saturated heterocycles. The molecule has 0 aromatic heterocycles. The summed E-state index contributed by atoms with van der Waals surface area (Å²) in [6.45, 7) is 2.08. The lowest BCUT2D eigenvalue weighted by molar-refractivity contribution is 0.102. The van der Waals surface area contributed by atoms with Crippen LogP contribution >= 0.6 is 11.8 Å². The van der Waals surface area contributed by atoms with E-state index in [0.717, 1.165) is 5.75 Å². The minimum absolute atomic E-state index is 0.0959. The quantitative estimate of drug-likeness (QED) is 0.841. The summed E-state index contributed by atoms with van der Waals surface area (Å²) in [5, 5.41) is 9.18. The Morgan fingerprint density at radius 2 is 1.79 bits per heavy atom. The first kappa shape index (κ1) is 13.7. The minimum Gasteiger partial charge on any atom is -0.508 e. The van der Waals surface area contributed by atoms with Gasteiger partial charge in [0.15, 0.2) is 5.78 Å². The molecule has 1 N–H and O–H groups in total. The van der Waals surface area contributed by atoms with Crippen molar-refractivity contribution in [1.29, 1.82) is 0 Å². The van der Waals surface area contributed by atoms with Crippen molar-refractivity contribution in [2.75, 3.05) is 5.75 Å². The number of carbonyl (C=O) groups is 1. The molecule has 0 unspecified atom stereocenters. The van der Waals surface area contributed by atoms with E-state index in [4.69, 9.17) is 0 Å². The molecule has 3 heteroatoms. The molecule has 2 nitrogen and oxygen atoms in total. The third kappa shape index (κ3) is 3.86. The van der Waals surface area contributed by atoms with E-state index in [1.807, 2.05) is 12.1 Å². The molecule has 0 saturated carbocycles. The van der Waals surface area contributed by atoms with Crippen LogP contribution in [0, 0.1) is 6.92 Å². The first-order valence-electron chi connectivity index (χ1n) is 6.11. The van der Waals surface area contributed by atoms with Gasteiger partial charge in [-0.3, -0.25) is 4.79 Å². The standard InChI is InChI=1S/C16H16O2S/c1-12-4-2-3-5-14(12)10-19-11-16(18)13-6-8-15(17)9-7-13/h2-9,17H,10-11H2,1H3. The highest BCUT2D eigenvalue weighted by Gasteiger charge is 2.06. The zero-order valence-electron chi connectivity index (χ0n) is 10.8. The van der Waals surface area contributed by atoms with Crippen LogP contribution in [0.2, 0.25) is 0 Å². The van der Waals surface area contributed by atoms with Crippen LogP contribution in [0.1, 0.15) is 21.5 Å². The molecule has 0 radical (unpaired) electrons. The van der Waals surface area contributed by atoms with Crippen molar-refractivity contribution in [3.05, 3.63) is 65.2 Å². The van der Waals surface area contributed by atoms with Crippen LogP contribution < -0.4 is 0 Å². The molecule has 2 aromatic carbocycles. The summed E-state index contributed by atoms with van der Waals surface area (Å²) in [5.41, 5.74) is 3.17. The lowest BCUT2D eigenvalue weighted by atomic mass is 10.1. The minimum atomic E-state index is 0.0959. The van der Waals surface area contributed by atoms with Crippen LogP contribution in [-0.4, -0.2) is 16.6 Å². The van der Waals surface area contributed by atoms with Gasteiger partial charge >= 0.3 is 0 Å². The maximum Gasteiger partial charge on any atom is 0.172 e. The molecular weight excluding hydrogens is 256 g/mol. The van der Waals surface area contributed by atoms with Crippen LogP contribution in [0.5, 0.6) is 5.75 Å². The highest BCUT2D eigenvalue weighted by Crippen LogP contribution is 2.18. The number of benzene rings is 2. The van der Waals surface area contributed by atoms with Crippen molar-refractivity contribution in [3.8, 4) is 5.75 Å². The number of rotatable bonds is 5. The van der Waals surface area contributed by atoms with Gasteiger partial charge in [0.2, 0.25) is 0 Å². The average Bonchev–Trinajstić information content (AvgIpc) is 2.41. The van der Waals surface area contributed by atoms with E-state index >= 15 is 0 Å². The Morgan fingerprint density at radius 1 is 1.11 bits per heavy atom. The number of phenols is 1. The zero-order chi connectivity index (χ0) is 13.7. The summed E-state index contributed by atoms with van der Waals surface area (Å²) in [7, 11) is 0. The highest BCUT2D eigenvalue weighted by atomic mass is 32.2. The maximum absolute atomic E-state index is 11.9. The summed E-state index contributed by atoms with van der Waals surface area (Å²) < 4.78 is 0. The molecule has 0 aliphatic heterocycles. The van der Waals surface area contributed by atoms with E-state index in [2.05, 4.69) is 19.1 Å². The fourth-order valence-corrected chi connectivity index (χ4v) is 2.75. The number of aryl methyl sites for hydroxylation is 1. The maximum atomic E-state index is 11.9. The summed E-state index contributed by atoms with van der Waals surface area (Å²) in [5.74, 6) is 1.58. The third-order valence-electron chi connectivity index (χ3n) is 2.94. The predicted molar refractivity (Wildman–Crippen MR) is 79.8 cm³/mol. The zero-order valence-corrected chi connectivity index (χ0v) is 11.6. The molecule has 0 aliphatic rings. The molecule has 0 heterocycles. The predicted octanol–water partition coefficient (Wildman–Crippen LogP) is 3.82. The van der Waals surface area contributed by atoms with Crippen LogP contribution in [0.4, 0.5) is 0 Å². The van der Waals surface area contributed by atoms with Gasteiger partial charge in [-0.1, -0.05) is 24.3 Å². The summed E-state index contributed by atoms with van der Waals surface area (Å²) in [4.78, 5) is 11.9. The van der Waals surface area contributed by atoms with Crippen molar-refractivity contribution in [2.45, 2.75) is 12.7 Å². The van der Waals surface area contributed by atoms with E-state index in [1.54, 1.807) is 36.0 Å². The second-order valence-corrected chi connectivity index (χ2v) is 5.37. The monoisotopic (exact) mass is 272 g/mol. The molecule has 98 valence electrons. The van der Waals surface area contributed by atoms with Gasteiger partial charge in [-0.2, -0.15) is 0 Å². The van der Waals surface area contributed by atoms with Crippen LogP contribution in [-0.2, 0) is 5.75 Å². The SMILES string of the molecule is Cc1ccccc1CSCC(=O)c1ccc(O)cc1. The Bertz CT molecular complexity index is 561. The first-order chi connectivity index (χ1) is 9.16. The molecular formula is C16H16O2S. The number of phenolic OH excluding ortho intramolecular Hbond substituents is 1. The topological polar surface area (TPSA) is 37.3 Å². The second kappa shape index (κ2) is 6.43. The largest absolute Gasteiger partial charge is 0.508 e. The van der Waals surface area contributed by atoms with Crippen LogP contribution in [0.15, 0.2) is 48.5 Å². The smallest absolute Gasteiger partial charge is 0.172 e. The van der Waals surface area contributed by atoms with E-state index in [0.29, 0.717) is 11.3 Å². The van der Waals surface area contributed by atoms with Gasteiger partial charge < -0.3 is 5.11 Å². The van der Waals surface area contributed by atoms with Gasteiger partial charge in [0.05, 0.1) is 5.75 Å². The number of ketones is 1. The number of hydrogen-bond acceptors (Lipinski definition) is 3. The number of hydrogen-bond donors (Lipinski definition) is 1. The summed E-state index contributed by atoms with van der Waals surface area (Å²) >= 11 is 1.62. The van der Waals surface area contributed by atoms with E-state index in [9.17, 15) is 9.90 Å². The molecule has 0 bridgehead atoms. The number of carbonyl (C=O) groups excluding carboxylic acids is 1. The Kier molecular flexibility index (Phi) is 4.63. The molecule has 0 aliphatic carbocycles. The third-order valence-corrected chi connectivity index (χ3v) is 3.92. The summed E-state index contributed by atoms with van der Waals surface area (Å²) in [6, 6.07) is 14.6. The summed E-state index contributed by atoms with van der Waals surface area (Å²) in [6.07, 6.45) is 0. The number of Topliss-reactive ketones (excluding diaryl/α,β-unsaturated/α-hetero) is 1. The average molecular weight is 272 g/mol. The Balaban J connectivity index is 1.88. The van der Waals surface area contributed by atoms with Crippen molar-refractivity contribution in [3.63, 3.8) is 0 Å². The normalized spacial score (nSPS) is 10.4. The molecule has 0 spiro atoms. The van der Waals surface area contributed by atoms with E-state index in [1.165, 1.54) is 11.1 Å². The Hall–Kier alpha value is -1.74. The Morgan fingerprint density at radius 3 is 2.47 bits per heavy atom. The van der Waals surface area contributed by atoms with Gasteiger partial charge in [-0.05, 0) is 42.3 Å². The van der Waals surface area contributed by atoms with E-state index < -0.39 is 0 Å². The first-order valence-corrected chi connectivity index (χ1v) is 7.27. The van der Waals surface area contributed by atoms with Gasteiger partial charge in [0, 0.05) is 11.3 Å². The second-order valence-electron chi connectivity index (χ2n) is 4.39. The molecule has 19 heavy (non-hydrogen) atoms. The number of thioether (sulfide) groups is 1. The van der Waals surface area contributed by atoms with Crippen LogP contribution in [0.3, 0.4) is 0 Å². The number of aromatic hydroxyl groups is 1. The molecule has 0 fully saturated rings. The van der Waals surface area contributed by atoms with Gasteiger partial charge in [-0.25, -0.2) is 0 Å². The molecule has 0 amide bonds. The molecule has 0 atom stereocenters. The van der Waals surface area contributed by atoms with Gasteiger partial charge in [0.25, 0.3) is 0 Å². The van der Waals surface area contributed by atoms with E-state index in [-0.39, 0.29) is 11.5 Å². The molecule has 2 aromatic rings. The molecule has 2 rings (SSSR count). The van der Waals surface area contributed by atoms with Crippen molar-refractivity contribution >= 4 is 17.5 Å². The highest BCUT2D eigenvalue weighted by molar-refractivity contribution is 7.99. The van der Waals surface area contributed by atoms with Gasteiger partial charge in [-0.15, -0.1) is 11.8 Å². The lowest BCUT2D eigenvalue weighted by Crippen LogP contribution is -2.02. The fourth-order valence-electron chi connectivity index (χ4n) is 1.76. The van der Waals surface area contributed by atoms with Crippen molar-refractivity contribution < 1.29 is 9.90 Å². The van der Waals surface area contributed by atoms with Crippen molar-refractivity contribution in [1.82, 2.24) is 0 Å². The lowest BCUT2D eigenvalue weighted by Gasteiger charge is -2.05. The fraction of sp³-hybridized carbons (Fsp3) is 0.188. The Labute approximate surface area is 117 Å². The van der Waals surface area contributed by atoms with Crippen LogP contribution in [0.25, 0.3) is 0 Å². The van der Waals surface area contributed by atoms with Crippen molar-refractivity contribution in [2.24, 2.45) is 0 Å². The van der Waals surface area contributed by atoms with Gasteiger partial charge in [0.1, 0.15) is 5.75 Å².